The van der Waals surface area contributed by atoms with E-state index < -0.39 is 17.8 Å². The highest BCUT2D eigenvalue weighted by Crippen LogP contribution is 2.29. The van der Waals surface area contributed by atoms with E-state index in [1.54, 1.807) is 13.0 Å². The Morgan fingerprint density at radius 1 is 1.40 bits per heavy atom. The fourth-order valence-electron chi connectivity index (χ4n) is 1.37. The average Bonchev–Trinajstić information content (AvgIpc) is 2.38. The first-order valence-corrected chi connectivity index (χ1v) is 5.59. The summed E-state index contributed by atoms with van der Waals surface area (Å²) in [6.07, 6.45) is -4.21. The molecule has 0 aliphatic carbocycles. The van der Waals surface area contributed by atoms with E-state index >= 15 is 0 Å². The molecule has 7 heteroatoms. The number of alkyl halides is 3. The van der Waals surface area contributed by atoms with Gasteiger partial charge < -0.3 is 4.74 Å². The van der Waals surface area contributed by atoms with Crippen LogP contribution < -0.4 is 5.32 Å². The Balaban J connectivity index is 2.97. The third kappa shape index (κ3) is 4.31. The van der Waals surface area contributed by atoms with E-state index in [0.29, 0.717) is 0 Å². The summed E-state index contributed by atoms with van der Waals surface area (Å²) in [6, 6.07) is 5.77. The zero-order valence-electron chi connectivity index (χ0n) is 10.5. The van der Waals surface area contributed by atoms with Crippen LogP contribution in [0.15, 0.2) is 30.3 Å². The molecule has 1 amide bonds. The predicted molar refractivity (Wildman–Crippen MR) is 65.2 cm³/mol. The molecule has 0 spiro atoms. The third-order valence-corrected chi connectivity index (χ3v) is 2.24. The Hall–Kier alpha value is -2.49. The second-order valence-electron chi connectivity index (χ2n) is 3.61. The first kappa shape index (κ1) is 15.6. The highest BCUT2D eigenvalue weighted by atomic mass is 19.4. The molecule has 0 radical (unpaired) electrons. The number of carbonyl (C=O) groups is 1. The molecule has 0 atom stereocenters. The standard InChI is InChI=1S/C13H11F3N2O2/c1-2-20-12(19)18-11(7-8-17)9-3-5-10(6-4-9)13(14,15)16/h3-7H,2H2,1H3,(H,18,19)/b11-7-. The number of nitrogens with zero attached hydrogens (tertiary/aromatic N) is 1. The molecule has 0 bridgehead atoms. The second-order valence-corrected chi connectivity index (χ2v) is 3.61. The van der Waals surface area contributed by atoms with E-state index in [2.05, 4.69) is 10.1 Å². The monoisotopic (exact) mass is 284 g/mol. The average molecular weight is 284 g/mol. The topological polar surface area (TPSA) is 62.1 Å². The molecule has 1 rings (SSSR count). The molecule has 0 saturated heterocycles. The van der Waals surface area contributed by atoms with Crippen molar-refractivity contribution in [3.8, 4) is 6.07 Å². The van der Waals surface area contributed by atoms with Crippen LogP contribution in [0, 0.1) is 11.3 Å². The first-order valence-electron chi connectivity index (χ1n) is 5.59. The van der Waals surface area contributed by atoms with Gasteiger partial charge in [0.1, 0.15) is 0 Å². The SMILES string of the molecule is CCOC(=O)N/C(=C\C#N)c1ccc(C(F)(F)F)cc1. The Labute approximate surface area is 113 Å². The van der Waals surface area contributed by atoms with Crippen LogP contribution in [0.5, 0.6) is 0 Å². The lowest BCUT2D eigenvalue weighted by Gasteiger charge is -2.11. The number of hydrogen-bond donors (Lipinski definition) is 1. The number of rotatable bonds is 3. The molecular weight excluding hydrogens is 273 g/mol. The van der Waals surface area contributed by atoms with Crippen LogP contribution in [0.25, 0.3) is 5.70 Å². The number of nitriles is 1. The van der Waals surface area contributed by atoms with Crippen molar-refractivity contribution in [1.82, 2.24) is 5.32 Å². The van der Waals surface area contributed by atoms with Crippen molar-refractivity contribution in [2.45, 2.75) is 13.1 Å². The van der Waals surface area contributed by atoms with Gasteiger partial charge in [-0.3, -0.25) is 5.32 Å². The molecule has 1 aromatic carbocycles. The van der Waals surface area contributed by atoms with Gasteiger partial charge in [0.2, 0.25) is 0 Å². The van der Waals surface area contributed by atoms with Gasteiger partial charge >= 0.3 is 12.3 Å². The van der Waals surface area contributed by atoms with Crippen molar-refractivity contribution >= 4 is 11.8 Å². The van der Waals surface area contributed by atoms with Crippen molar-refractivity contribution in [3.63, 3.8) is 0 Å². The largest absolute Gasteiger partial charge is 0.450 e. The molecule has 0 aliphatic rings. The van der Waals surface area contributed by atoms with E-state index in [1.165, 1.54) is 0 Å². The molecule has 1 N–H and O–H groups in total. The van der Waals surface area contributed by atoms with Crippen LogP contribution in [-0.2, 0) is 10.9 Å². The summed E-state index contributed by atoms with van der Waals surface area (Å²) >= 11 is 0. The maximum absolute atomic E-state index is 12.4. The van der Waals surface area contributed by atoms with Crippen LogP contribution >= 0.6 is 0 Å². The van der Waals surface area contributed by atoms with Crippen LogP contribution in [0.4, 0.5) is 18.0 Å². The van der Waals surface area contributed by atoms with E-state index in [0.717, 1.165) is 30.3 Å². The van der Waals surface area contributed by atoms with Crippen LogP contribution in [0.2, 0.25) is 0 Å². The van der Waals surface area contributed by atoms with Gasteiger partial charge in [-0.05, 0) is 24.6 Å². The molecule has 20 heavy (non-hydrogen) atoms. The lowest BCUT2D eigenvalue weighted by atomic mass is 10.1. The van der Waals surface area contributed by atoms with Crippen LogP contribution in [-0.4, -0.2) is 12.7 Å². The maximum atomic E-state index is 12.4. The number of amides is 1. The summed E-state index contributed by atoms with van der Waals surface area (Å²) in [7, 11) is 0. The number of alkyl carbamates (subject to hydrolysis) is 1. The Morgan fingerprint density at radius 2 is 2.00 bits per heavy atom. The van der Waals surface area contributed by atoms with Crippen molar-refractivity contribution in [1.29, 1.82) is 5.26 Å². The molecule has 106 valence electrons. The van der Waals surface area contributed by atoms with Crippen molar-refractivity contribution in [3.05, 3.63) is 41.5 Å². The van der Waals surface area contributed by atoms with E-state index in [-0.39, 0.29) is 17.9 Å². The first-order chi connectivity index (χ1) is 9.38. The van der Waals surface area contributed by atoms with Gasteiger partial charge in [0, 0.05) is 6.08 Å². The summed E-state index contributed by atoms with van der Waals surface area (Å²) in [5.74, 6) is 0. The van der Waals surface area contributed by atoms with E-state index in [4.69, 9.17) is 5.26 Å². The van der Waals surface area contributed by atoms with Crippen molar-refractivity contribution in [2.24, 2.45) is 0 Å². The molecular formula is C13H11F3N2O2. The number of carbonyl (C=O) groups excluding carboxylic acids is 1. The molecule has 0 heterocycles. The number of hydrogen-bond acceptors (Lipinski definition) is 3. The molecule has 4 nitrogen and oxygen atoms in total. The summed E-state index contributed by atoms with van der Waals surface area (Å²) in [6.45, 7) is 1.74. The second kappa shape index (κ2) is 6.61. The zero-order valence-corrected chi connectivity index (χ0v) is 10.5. The number of halogens is 3. The van der Waals surface area contributed by atoms with Gasteiger partial charge in [-0.15, -0.1) is 0 Å². The Bertz CT molecular complexity index is 542. The lowest BCUT2D eigenvalue weighted by Crippen LogP contribution is -2.22. The van der Waals surface area contributed by atoms with Gasteiger partial charge in [-0.2, -0.15) is 18.4 Å². The molecule has 0 unspecified atom stereocenters. The molecule has 0 saturated carbocycles. The highest BCUT2D eigenvalue weighted by Gasteiger charge is 2.30. The Morgan fingerprint density at radius 3 is 2.45 bits per heavy atom. The maximum Gasteiger partial charge on any atom is 0.416 e. The van der Waals surface area contributed by atoms with Gasteiger partial charge in [0.05, 0.1) is 23.9 Å². The van der Waals surface area contributed by atoms with Gasteiger partial charge in [-0.25, -0.2) is 4.79 Å². The molecule has 0 aliphatic heterocycles. The normalized spacial score (nSPS) is 11.7. The number of ether oxygens (including phenoxy) is 1. The Kier molecular flexibility index (Phi) is 5.15. The minimum Gasteiger partial charge on any atom is -0.450 e. The number of benzene rings is 1. The minimum absolute atomic E-state index is 0.0691. The quantitative estimate of drug-likeness (QED) is 0.866. The van der Waals surface area contributed by atoms with Crippen molar-refractivity contribution in [2.75, 3.05) is 6.61 Å². The lowest BCUT2D eigenvalue weighted by molar-refractivity contribution is -0.137. The smallest absolute Gasteiger partial charge is 0.416 e. The van der Waals surface area contributed by atoms with Gasteiger partial charge in [-0.1, -0.05) is 12.1 Å². The fraction of sp³-hybridized carbons (Fsp3) is 0.231. The number of allylic oxidation sites excluding steroid dienone is 1. The summed E-state index contributed by atoms with van der Waals surface area (Å²) in [4.78, 5) is 11.3. The predicted octanol–water partition coefficient (Wildman–Crippen LogP) is 3.32. The van der Waals surface area contributed by atoms with E-state index in [9.17, 15) is 18.0 Å². The summed E-state index contributed by atoms with van der Waals surface area (Å²) < 4.78 is 41.9. The van der Waals surface area contributed by atoms with E-state index in [1.807, 2.05) is 0 Å². The molecule has 0 aromatic heterocycles. The summed E-state index contributed by atoms with van der Waals surface area (Å²) in [5, 5.41) is 10.9. The van der Waals surface area contributed by atoms with Crippen LogP contribution in [0.3, 0.4) is 0 Å². The van der Waals surface area contributed by atoms with Gasteiger partial charge in [0.15, 0.2) is 0 Å². The molecule has 0 fully saturated rings. The summed E-state index contributed by atoms with van der Waals surface area (Å²) in [5.41, 5.74) is -0.471. The molecule has 1 aromatic rings. The van der Waals surface area contributed by atoms with Gasteiger partial charge in [0.25, 0.3) is 0 Å². The van der Waals surface area contributed by atoms with Crippen molar-refractivity contribution < 1.29 is 22.7 Å². The van der Waals surface area contributed by atoms with Crippen LogP contribution in [0.1, 0.15) is 18.1 Å². The highest BCUT2D eigenvalue weighted by molar-refractivity contribution is 5.82. The third-order valence-electron chi connectivity index (χ3n) is 2.24. The number of nitrogens with one attached hydrogen (secondary N) is 1. The minimum atomic E-state index is -4.44. The fourth-order valence-corrected chi connectivity index (χ4v) is 1.37. The zero-order chi connectivity index (χ0) is 15.2.